The normalized spacial score (nSPS) is 10.9. The molecule has 6 heteroatoms. The van der Waals surface area contributed by atoms with Gasteiger partial charge in [-0.3, -0.25) is 10.1 Å². The highest BCUT2D eigenvalue weighted by Gasteiger charge is 2.16. The summed E-state index contributed by atoms with van der Waals surface area (Å²) in [5.41, 5.74) is -0.241. The van der Waals surface area contributed by atoms with Crippen LogP contribution < -0.4 is 5.32 Å². The number of nitrogens with zero attached hydrogens (tertiary/aromatic N) is 1. The van der Waals surface area contributed by atoms with Crippen molar-refractivity contribution < 1.29 is 19.1 Å². The molecule has 0 fully saturated rings. The first-order valence-electron chi connectivity index (χ1n) is 4.78. The molecule has 88 valence electrons. The predicted octanol–water partition coefficient (Wildman–Crippen LogP) is 1.09. The van der Waals surface area contributed by atoms with Crippen molar-refractivity contribution in [1.82, 2.24) is 5.32 Å². The van der Waals surface area contributed by atoms with Crippen molar-refractivity contribution in [3.63, 3.8) is 0 Å². The van der Waals surface area contributed by atoms with Gasteiger partial charge in [-0.25, -0.2) is 4.79 Å². The Hall–Kier alpha value is -2.03. The molecular weight excluding hydrogens is 212 g/mol. The van der Waals surface area contributed by atoms with E-state index in [0.717, 1.165) is 0 Å². The van der Waals surface area contributed by atoms with E-state index in [4.69, 9.17) is 10.00 Å². The number of carbonyl (C=O) groups is 2. The molecule has 0 atom stereocenters. The van der Waals surface area contributed by atoms with Crippen LogP contribution in [-0.4, -0.2) is 25.2 Å². The molecule has 0 heterocycles. The Morgan fingerprint density at radius 3 is 2.25 bits per heavy atom. The number of amides is 2. The van der Waals surface area contributed by atoms with Gasteiger partial charge >= 0.3 is 6.09 Å². The minimum absolute atomic E-state index is 0.148. The van der Waals surface area contributed by atoms with Crippen LogP contribution >= 0.6 is 0 Å². The smallest absolute Gasteiger partial charge is 0.414 e. The van der Waals surface area contributed by atoms with Crippen molar-refractivity contribution in [3.05, 3.63) is 11.3 Å². The van der Waals surface area contributed by atoms with Crippen LogP contribution in [0, 0.1) is 11.3 Å². The number of hydrogen-bond donors (Lipinski definition) is 1. The van der Waals surface area contributed by atoms with Crippen LogP contribution in [0.25, 0.3) is 0 Å². The molecule has 0 spiro atoms. The van der Waals surface area contributed by atoms with Gasteiger partial charge in [0.25, 0.3) is 5.91 Å². The minimum atomic E-state index is -0.885. The van der Waals surface area contributed by atoms with Gasteiger partial charge in [0.2, 0.25) is 0 Å². The average molecular weight is 226 g/mol. The lowest BCUT2D eigenvalue weighted by Crippen LogP contribution is -2.32. The standard InChI is InChI=1S/C10H14N2O4/c1-4-15-7(3)8(6-11)9(13)12-10(14)16-5-2/h4-5H2,1-3H3,(H,12,13,14)/b8-7+. The van der Waals surface area contributed by atoms with Gasteiger partial charge in [0.15, 0.2) is 5.57 Å². The molecule has 2 amide bonds. The summed E-state index contributed by atoms with van der Waals surface area (Å²) in [4.78, 5) is 22.3. The molecule has 0 saturated heterocycles. The lowest BCUT2D eigenvalue weighted by atomic mass is 10.2. The second kappa shape index (κ2) is 7.29. The van der Waals surface area contributed by atoms with Gasteiger partial charge in [-0.1, -0.05) is 0 Å². The van der Waals surface area contributed by atoms with Crippen LogP contribution in [0.3, 0.4) is 0 Å². The molecule has 0 aliphatic rings. The van der Waals surface area contributed by atoms with Gasteiger partial charge in [-0.15, -0.1) is 0 Å². The quantitative estimate of drug-likeness (QED) is 0.440. The van der Waals surface area contributed by atoms with Gasteiger partial charge in [0.1, 0.15) is 11.8 Å². The number of alkyl carbamates (subject to hydrolysis) is 1. The summed E-state index contributed by atoms with van der Waals surface area (Å²) in [7, 11) is 0. The van der Waals surface area contributed by atoms with Crippen molar-refractivity contribution in [3.8, 4) is 6.07 Å². The van der Waals surface area contributed by atoms with Crippen LogP contribution in [0.2, 0.25) is 0 Å². The topological polar surface area (TPSA) is 88.4 Å². The van der Waals surface area contributed by atoms with Crippen molar-refractivity contribution in [1.29, 1.82) is 5.26 Å². The highest BCUT2D eigenvalue weighted by Crippen LogP contribution is 2.04. The Morgan fingerprint density at radius 1 is 1.25 bits per heavy atom. The third kappa shape index (κ3) is 4.46. The fourth-order valence-electron chi connectivity index (χ4n) is 0.900. The van der Waals surface area contributed by atoms with E-state index in [1.54, 1.807) is 19.9 Å². The third-order valence-electron chi connectivity index (χ3n) is 1.54. The number of nitrogens with one attached hydrogen (secondary N) is 1. The number of carbonyl (C=O) groups excluding carboxylic acids is 2. The van der Waals surface area contributed by atoms with Crippen LogP contribution in [0.5, 0.6) is 0 Å². The molecule has 0 aliphatic carbocycles. The lowest BCUT2D eigenvalue weighted by molar-refractivity contribution is -0.116. The van der Waals surface area contributed by atoms with Crippen molar-refractivity contribution >= 4 is 12.0 Å². The van der Waals surface area contributed by atoms with E-state index in [2.05, 4.69) is 4.74 Å². The number of rotatable bonds is 4. The summed E-state index contributed by atoms with van der Waals surface area (Å²) in [6.45, 7) is 5.30. The van der Waals surface area contributed by atoms with Crippen molar-refractivity contribution in [2.75, 3.05) is 13.2 Å². The summed E-state index contributed by atoms with van der Waals surface area (Å²) in [6, 6.07) is 1.67. The largest absolute Gasteiger partial charge is 0.497 e. The van der Waals surface area contributed by atoms with E-state index in [-0.39, 0.29) is 17.9 Å². The molecular formula is C10H14N2O4. The molecule has 0 aromatic heterocycles. The first-order chi connectivity index (χ1) is 7.56. The van der Waals surface area contributed by atoms with Gasteiger partial charge in [0, 0.05) is 0 Å². The molecule has 0 aromatic rings. The molecule has 16 heavy (non-hydrogen) atoms. The Balaban J connectivity index is 4.63. The molecule has 0 bridgehead atoms. The predicted molar refractivity (Wildman–Crippen MR) is 55.1 cm³/mol. The minimum Gasteiger partial charge on any atom is -0.497 e. The fourth-order valence-corrected chi connectivity index (χ4v) is 0.900. The molecule has 1 N–H and O–H groups in total. The zero-order chi connectivity index (χ0) is 12.6. The number of hydrogen-bond acceptors (Lipinski definition) is 5. The zero-order valence-electron chi connectivity index (χ0n) is 9.49. The highest BCUT2D eigenvalue weighted by molar-refractivity contribution is 6.05. The second-order valence-electron chi connectivity index (χ2n) is 2.65. The fraction of sp³-hybridized carbons (Fsp3) is 0.500. The maximum Gasteiger partial charge on any atom is 0.414 e. The van der Waals surface area contributed by atoms with Crippen LogP contribution in [0.1, 0.15) is 20.8 Å². The average Bonchev–Trinajstić information content (AvgIpc) is 2.19. The Bertz CT molecular complexity index is 341. The number of imide groups is 1. The molecule has 0 radical (unpaired) electrons. The maximum atomic E-state index is 11.4. The summed E-state index contributed by atoms with van der Waals surface area (Å²) < 4.78 is 9.50. The van der Waals surface area contributed by atoms with E-state index in [1.807, 2.05) is 5.32 Å². The van der Waals surface area contributed by atoms with Gasteiger partial charge < -0.3 is 9.47 Å². The monoisotopic (exact) mass is 226 g/mol. The van der Waals surface area contributed by atoms with Gasteiger partial charge in [-0.05, 0) is 20.8 Å². The first-order valence-corrected chi connectivity index (χ1v) is 4.78. The number of nitriles is 1. The van der Waals surface area contributed by atoms with Gasteiger partial charge in [-0.2, -0.15) is 5.26 Å². The summed E-state index contributed by atoms with van der Waals surface area (Å²) in [6.07, 6.45) is -0.885. The number of allylic oxidation sites excluding steroid dienone is 1. The first kappa shape index (κ1) is 14.0. The lowest BCUT2D eigenvalue weighted by Gasteiger charge is -2.06. The third-order valence-corrected chi connectivity index (χ3v) is 1.54. The maximum absolute atomic E-state index is 11.4. The van der Waals surface area contributed by atoms with E-state index in [0.29, 0.717) is 6.61 Å². The molecule has 0 saturated carbocycles. The molecule has 6 nitrogen and oxygen atoms in total. The Kier molecular flexibility index (Phi) is 6.36. The van der Waals surface area contributed by atoms with E-state index in [9.17, 15) is 9.59 Å². The number of ether oxygens (including phenoxy) is 2. The molecule has 0 rings (SSSR count). The Labute approximate surface area is 93.8 Å². The molecule has 0 aliphatic heterocycles. The second-order valence-corrected chi connectivity index (χ2v) is 2.65. The van der Waals surface area contributed by atoms with E-state index < -0.39 is 12.0 Å². The molecule has 0 aromatic carbocycles. The van der Waals surface area contributed by atoms with Crippen LogP contribution in [0.15, 0.2) is 11.3 Å². The van der Waals surface area contributed by atoms with E-state index >= 15 is 0 Å². The Morgan fingerprint density at radius 2 is 1.81 bits per heavy atom. The SMILES string of the molecule is CCOC(=O)NC(=O)/C(C#N)=C(\C)OCC. The van der Waals surface area contributed by atoms with Crippen molar-refractivity contribution in [2.24, 2.45) is 0 Å². The summed E-state index contributed by atoms with van der Waals surface area (Å²) >= 11 is 0. The van der Waals surface area contributed by atoms with E-state index in [1.165, 1.54) is 6.92 Å². The van der Waals surface area contributed by atoms with Crippen LogP contribution in [0.4, 0.5) is 4.79 Å². The van der Waals surface area contributed by atoms with Crippen LogP contribution in [-0.2, 0) is 14.3 Å². The zero-order valence-corrected chi connectivity index (χ0v) is 9.49. The summed E-state index contributed by atoms with van der Waals surface area (Å²) in [5, 5.41) is 10.6. The summed E-state index contributed by atoms with van der Waals surface area (Å²) in [5.74, 6) is -0.654. The van der Waals surface area contributed by atoms with Gasteiger partial charge in [0.05, 0.1) is 13.2 Å². The molecule has 0 unspecified atom stereocenters. The van der Waals surface area contributed by atoms with Crippen molar-refractivity contribution in [2.45, 2.75) is 20.8 Å². The highest BCUT2D eigenvalue weighted by atomic mass is 16.5.